The maximum atomic E-state index is 12.7. The van der Waals surface area contributed by atoms with Crippen LogP contribution >= 0.6 is 0 Å². The highest BCUT2D eigenvalue weighted by atomic mass is 19.4. The number of ether oxygens (including phenoxy) is 1. The number of alkyl halides is 3. The zero-order valence-corrected chi connectivity index (χ0v) is 12.6. The maximum Gasteiger partial charge on any atom is 0.416 e. The van der Waals surface area contributed by atoms with Gasteiger partial charge in [0.2, 0.25) is 0 Å². The van der Waals surface area contributed by atoms with Crippen molar-refractivity contribution in [2.45, 2.75) is 51.9 Å². The van der Waals surface area contributed by atoms with Gasteiger partial charge in [-0.1, -0.05) is 6.07 Å². The third kappa shape index (κ3) is 4.71. The van der Waals surface area contributed by atoms with Crippen molar-refractivity contribution in [2.24, 2.45) is 0 Å². The van der Waals surface area contributed by atoms with E-state index in [0.29, 0.717) is 12.1 Å². The van der Waals surface area contributed by atoms with Crippen molar-refractivity contribution in [2.75, 3.05) is 12.4 Å². The summed E-state index contributed by atoms with van der Waals surface area (Å²) in [7, 11) is 1.63. The molecule has 0 saturated heterocycles. The van der Waals surface area contributed by atoms with Gasteiger partial charge in [0, 0.05) is 18.8 Å². The van der Waals surface area contributed by atoms with Crippen LogP contribution in [0.5, 0.6) is 0 Å². The van der Waals surface area contributed by atoms with Crippen LogP contribution in [0, 0.1) is 6.92 Å². The Morgan fingerprint density at radius 3 is 2.35 bits per heavy atom. The Morgan fingerprint density at radius 2 is 1.85 bits per heavy atom. The molecule has 0 aliphatic heterocycles. The molecular weight excluding hydrogens is 267 g/mol. The molecule has 114 valence electrons. The van der Waals surface area contributed by atoms with Gasteiger partial charge in [-0.2, -0.15) is 13.2 Å². The highest BCUT2D eigenvalue weighted by Gasteiger charge is 2.31. The summed E-state index contributed by atoms with van der Waals surface area (Å²) < 4.78 is 43.5. The van der Waals surface area contributed by atoms with Crippen LogP contribution in [0.4, 0.5) is 18.9 Å². The molecule has 0 spiro atoms. The van der Waals surface area contributed by atoms with Crippen LogP contribution in [0.25, 0.3) is 0 Å². The first-order valence-electron chi connectivity index (χ1n) is 6.55. The zero-order chi connectivity index (χ0) is 15.6. The molecule has 5 heteroatoms. The quantitative estimate of drug-likeness (QED) is 0.853. The lowest BCUT2D eigenvalue weighted by atomic mass is 9.99. The molecule has 1 atom stereocenters. The third-order valence-electron chi connectivity index (χ3n) is 3.32. The van der Waals surface area contributed by atoms with E-state index in [4.69, 9.17) is 4.74 Å². The molecule has 0 heterocycles. The van der Waals surface area contributed by atoms with E-state index in [0.717, 1.165) is 17.7 Å². The van der Waals surface area contributed by atoms with Gasteiger partial charge in [0.1, 0.15) is 0 Å². The fraction of sp³-hybridized carbons (Fsp3) is 0.600. The minimum absolute atomic E-state index is 0.00661. The predicted molar refractivity (Wildman–Crippen MR) is 75.0 cm³/mol. The highest BCUT2D eigenvalue weighted by molar-refractivity contribution is 5.53. The lowest BCUT2D eigenvalue weighted by molar-refractivity contribution is -0.137. The predicted octanol–water partition coefficient (Wildman–Crippen LogP) is 4.63. The number of hydrogen-bond donors (Lipinski definition) is 1. The van der Waals surface area contributed by atoms with E-state index >= 15 is 0 Å². The number of anilines is 1. The summed E-state index contributed by atoms with van der Waals surface area (Å²) >= 11 is 0. The van der Waals surface area contributed by atoms with Crippen molar-refractivity contribution < 1.29 is 17.9 Å². The molecule has 1 rings (SSSR count). The summed E-state index contributed by atoms with van der Waals surface area (Å²) in [5.74, 6) is 0. The van der Waals surface area contributed by atoms with E-state index in [1.807, 2.05) is 20.8 Å². The highest BCUT2D eigenvalue weighted by Crippen LogP contribution is 2.32. The molecule has 1 aromatic rings. The number of methoxy groups -OCH3 is 1. The molecule has 0 radical (unpaired) electrons. The second kappa shape index (κ2) is 6.04. The van der Waals surface area contributed by atoms with Crippen LogP contribution in [-0.2, 0) is 10.9 Å². The molecule has 0 aliphatic rings. The van der Waals surface area contributed by atoms with E-state index in [1.165, 1.54) is 6.07 Å². The first-order valence-corrected chi connectivity index (χ1v) is 6.55. The fourth-order valence-corrected chi connectivity index (χ4v) is 2.09. The number of aryl methyl sites for hydroxylation is 1. The van der Waals surface area contributed by atoms with Crippen LogP contribution in [0.15, 0.2) is 18.2 Å². The summed E-state index contributed by atoms with van der Waals surface area (Å²) in [5.41, 5.74) is 0.352. The van der Waals surface area contributed by atoms with Gasteiger partial charge >= 0.3 is 6.18 Å². The molecular formula is C15H22F3NO. The molecule has 0 amide bonds. The Bertz CT molecular complexity index is 455. The van der Waals surface area contributed by atoms with Crippen molar-refractivity contribution in [3.8, 4) is 0 Å². The Labute approximate surface area is 118 Å². The second-order valence-electron chi connectivity index (χ2n) is 5.74. The topological polar surface area (TPSA) is 21.3 Å². The first-order chi connectivity index (χ1) is 9.05. The van der Waals surface area contributed by atoms with Crippen LogP contribution < -0.4 is 5.32 Å². The molecule has 20 heavy (non-hydrogen) atoms. The lowest BCUT2D eigenvalue weighted by Gasteiger charge is -2.28. The molecule has 0 fully saturated rings. The molecule has 0 aliphatic carbocycles. The largest absolute Gasteiger partial charge is 0.416 e. The van der Waals surface area contributed by atoms with Crippen LogP contribution in [-0.4, -0.2) is 18.8 Å². The Balaban J connectivity index is 2.87. The molecule has 0 bridgehead atoms. The Morgan fingerprint density at radius 1 is 1.25 bits per heavy atom. The molecule has 1 aromatic carbocycles. The van der Waals surface area contributed by atoms with E-state index < -0.39 is 11.7 Å². The van der Waals surface area contributed by atoms with Crippen molar-refractivity contribution in [3.63, 3.8) is 0 Å². The number of nitrogens with one attached hydrogen (secondary N) is 1. The van der Waals surface area contributed by atoms with Gasteiger partial charge in [-0.15, -0.1) is 0 Å². The fourth-order valence-electron chi connectivity index (χ4n) is 2.09. The number of hydrogen-bond acceptors (Lipinski definition) is 2. The molecule has 1 unspecified atom stereocenters. The summed E-state index contributed by atoms with van der Waals surface area (Å²) in [6.45, 7) is 7.62. The van der Waals surface area contributed by atoms with Gasteiger partial charge in [0.25, 0.3) is 0 Å². The Kier molecular flexibility index (Phi) is 5.08. The zero-order valence-electron chi connectivity index (χ0n) is 12.6. The standard InChI is InChI=1S/C15H22F3NO/c1-10-6-7-12(15(16,17)18)8-13(10)19-11(2)9-14(3,4)20-5/h6-8,11,19H,9H2,1-5H3. The number of rotatable bonds is 5. The SMILES string of the molecule is COC(C)(C)CC(C)Nc1cc(C(F)(F)F)ccc1C. The van der Waals surface area contributed by atoms with Crippen molar-refractivity contribution in [3.05, 3.63) is 29.3 Å². The molecule has 0 aromatic heterocycles. The minimum Gasteiger partial charge on any atom is -0.382 e. The van der Waals surface area contributed by atoms with Gasteiger partial charge in [-0.25, -0.2) is 0 Å². The molecule has 0 saturated carbocycles. The number of benzene rings is 1. The average Bonchev–Trinajstić information content (AvgIpc) is 2.30. The average molecular weight is 289 g/mol. The first kappa shape index (κ1) is 16.8. The van der Waals surface area contributed by atoms with E-state index in [2.05, 4.69) is 5.32 Å². The Hall–Kier alpha value is -1.23. The molecule has 1 N–H and O–H groups in total. The lowest BCUT2D eigenvalue weighted by Crippen LogP contribution is -2.31. The van der Waals surface area contributed by atoms with Crippen LogP contribution in [0.2, 0.25) is 0 Å². The smallest absolute Gasteiger partial charge is 0.382 e. The van der Waals surface area contributed by atoms with E-state index in [-0.39, 0.29) is 11.6 Å². The number of halogens is 3. The van der Waals surface area contributed by atoms with Gasteiger partial charge in [0.05, 0.1) is 11.2 Å². The summed E-state index contributed by atoms with van der Waals surface area (Å²) in [6.07, 6.45) is -3.63. The van der Waals surface area contributed by atoms with Gasteiger partial charge < -0.3 is 10.1 Å². The van der Waals surface area contributed by atoms with Crippen molar-refractivity contribution >= 4 is 5.69 Å². The maximum absolute atomic E-state index is 12.7. The van der Waals surface area contributed by atoms with E-state index in [1.54, 1.807) is 14.0 Å². The minimum atomic E-state index is -4.32. The molecule has 2 nitrogen and oxygen atoms in total. The summed E-state index contributed by atoms with van der Waals surface area (Å²) in [4.78, 5) is 0. The monoisotopic (exact) mass is 289 g/mol. The van der Waals surface area contributed by atoms with Gasteiger partial charge in [-0.3, -0.25) is 0 Å². The van der Waals surface area contributed by atoms with Gasteiger partial charge in [-0.05, 0) is 51.8 Å². The third-order valence-corrected chi connectivity index (χ3v) is 3.32. The second-order valence-corrected chi connectivity index (χ2v) is 5.74. The van der Waals surface area contributed by atoms with Crippen LogP contribution in [0.1, 0.15) is 38.3 Å². The van der Waals surface area contributed by atoms with E-state index in [9.17, 15) is 13.2 Å². The van der Waals surface area contributed by atoms with Crippen molar-refractivity contribution in [1.29, 1.82) is 0 Å². The summed E-state index contributed by atoms with van der Waals surface area (Å²) in [5, 5.41) is 3.13. The normalized spacial score (nSPS) is 14.2. The van der Waals surface area contributed by atoms with Gasteiger partial charge in [0.15, 0.2) is 0 Å². The van der Waals surface area contributed by atoms with Crippen molar-refractivity contribution in [1.82, 2.24) is 0 Å². The summed E-state index contributed by atoms with van der Waals surface area (Å²) in [6, 6.07) is 3.75. The van der Waals surface area contributed by atoms with Crippen LogP contribution in [0.3, 0.4) is 0 Å².